The normalized spacial score (nSPS) is 11.7. The fourth-order valence-electron chi connectivity index (χ4n) is 0.624. The molecule has 5 nitrogen and oxygen atoms in total. The predicted molar refractivity (Wildman–Crippen MR) is 47.2 cm³/mol. The van der Waals surface area contributed by atoms with Crippen molar-refractivity contribution in [3.8, 4) is 0 Å². The molecule has 0 aliphatic heterocycles. The van der Waals surface area contributed by atoms with Crippen LogP contribution in [0.5, 0.6) is 0 Å². The van der Waals surface area contributed by atoms with Crippen molar-refractivity contribution in [3.05, 3.63) is 11.6 Å². The molecule has 5 heteroatoms. The Morgan fingerprint density at radius 3 is 2.77 bits per heavy atom. The van der Waals surface area contributed by atoms with Crippen LogP contribution in [0.15, 0.2) is 11.6 Å². The Labute approximate surface area is 77.3 Å². The summed E-state index contributed by atoms with van der Waals surface area (Å²) in [7, 11) is 1.58. The Morgan fingerprint density at radius 2 is 2.23 bits per heavy atom. The van der Waals surface area contributed by atoms with Crippen LogP contribution in [0.4, 0.5) is 0 Å². The minimum atomic E-state index is -0.948. The number of hydrogen-bond acceptors (Lipinski definition) is 4. The number of aliphatic carboxylic acids is 1. The average molecular weight is 189 g/mol. The molecule has 0 spiro atoms. The maximum absolute atomic E-state index is 10.2. The number of rotatable bonds is 7. The first-order chi connectivity index (χ1) is 6.16. The van der Waals surface area contributed by atoms with Crippen molar-refractivity contribution >= 4 is 5.97 Å². The summed E-state index contributed by atoms with van der Waals surface area (Å²) in [6, 6.07) is 0. The first kappa shape index (κ1) is 12.1. The predicted octanol–water partition coefficient (Wildman–Crippen LogP) is 0.185. The molecular formula is C8H15NO4. The van der Waals surface area contributed by atoms with Crippen LogP contribution < -0.4 is 5.48 Å². The Morgan fingerprint density at radius 1 is 1.54 bits per heavy atom. The Bertz CT molecular complexity index is 179. The molecule has 0 saturated heterocycles. The molecule has 0 radical (unpaired) electrons. The molecule has 76 valence electrons. The highest BCUT2D eigenvalue weighted by atomic mass is 16.7. The number of hydrogen-bond donors (Lipinski definition) is 2. The third kappa shape index (κ3) is 9.00. The van der Waals surface area contributed by atoms with Gasteiger partial charge in [0, 0.05) is 19.7 Å². The Hall–Kier alpha value is -0.910. The van der Waals surface area contributed by atoms with Crippen LogP contribution in [-0.4, -0.2) is 37.9 Å². The lowest BCUT2D eigenvalue weighted by molar-refractivity contribution is -0.131. The van der Waals surface area contributed by atoms with Crippen LogP contribution in [0.25, 0.3) is 0 Å². The molecular weight excluding hydrogens is 174 g/mol. The first-order valence-corrected chi connectivity index (χ1v) is 3.90. The van der Waals surface area contributed by atoms with Gasteiger partial charge in [0.15, 0.2) is 0 Å². The van der Waals surface area contributed by atoms with Crippen LogP contribution in [0.1, 0.15) is 6.92 Å². The summed E-state index contributed by atoms with van der Waals surface area (Å²) in [5.41, 5.74) is 3.31. The zero-order chi connectivity index (χ0) is 10.1. The molecule has 0 aromatic rings. The van der Waals surface area contributed by atoms with Gasteiger partial charge in [0.2, 0.25) is 0 Å². The van der Waals surface area contributed by atoms with Crippen molar-refractivity contribution in [2.45, 2.75) is 6.92 Å². The second kappa shape index (κ2) is 7.72. The number of carbonyl (C=O) groups is 1. The van der Waals surface area contributed by atoms with E-state index in [0.29, 0.717) is 25.3 Å². The smallest absolute Gasteiger partial charge is 0.328 e. The lowest BCUT2D eigenvalue weighted by atomic mass is 10.3. The summed E-state index contributed by atoms with van der Waals surface area (Å²) >= 11 is 0. The SMILES string of the molecule is COCCONCC(C)=CC(=O)O. The van der Waals surface area contributed by atoms with Gasteiger partial charge in [-0.2, -0.15) is 5.48 Å². The van der Waals surface area contributed by atoms with E-state index in [1.54, 1.807) is 14.0 Å². The van der Waals surface area contributed by atoms with Gasteiger partial charge in [-0.15, -0.1) is 0 Å². The van der Waals surface area contributed by atoms with Crippen molar-refractivity contribution < 1.29 is 19.5 Å². The maximum Gasteiger partial charge on any atom is 0.328 e. The summed E-state index contributed by atoms with van der Waals surface area (Å²) in [6.07, 6.45) is 1.13. The lowest BCUT2D eigenvalue weighted by Crippen LogP contribution is -2.19. The van der Waals surface area contributed by atoms with Gasteiger partial charge in [-0.25, -0.2) is 4.79 Å². The molecule has 0 bridgehead atoms. The van der Waals surface area contributed by atoms with E-state index in [1.807, 2.05) is 0 Å². The summed E-state index contributed by atoms with van der Waals surface area (Å²) in [5.74, 6) is -0.948. The maximum atomic E-state index is 10.2. The van der Waals surface area contributed by atoms with Gasteiger partial charge in [0.05, 0.1) is 13.2 Å². The molecule has 0 aromatic heterocycles. The van der Waals surface area contributed by atoms with Crippen LogP contribution >= 0.6 is 0 Å². The minimum absolute atomic E-state index is 0.399. The topological polar surface area (TPSA) is 67.8 Å². The molecule has 0 rings (SSSR count). The van der Waals surface area contributed by atoms with E-state index in [2.05, 4.69) is 5.48 Å². The molecule has 0 aromatic carbocycles. The van der Waals surface area contributed by atoms with E-state index >= 15 is 0 Å². The summed E-state index contributed by atoms with van der Waals surface area (Å²) in [4.78, 5) is 15.1. The van der Waals surface area contributed by atoms with Crippen molar-refractivity contribution in [2.75, 3.05) is 26.9 Å². The van der Waals surface area contributed by atoms with Gasteiger partial charge in [-0.05, 0) is 12.5 Å². The van der Waals surface area contributed by atoms with Crippen molar-refractivity contribution in [3.63, 3.8) is 0 Å². The highest BCUT2D eigenvalue weighted by Gasteiger charge is 1.93. The molecule has 13 heavy (non-hydrogen) atoms. The van der Waals surface area contributed by atoms with E-state index in [1.165, 1.54) is 0 Å². The number of carboxylic acids is 1. The molecule has 0 aliphatic carbocycles. The Kier molecular flexibility index (Phi) is 7.18. The molecule has 2 N–H and O–H groups in total. The third-order valence-electron chi connectivity index (χ3n) is 1.21. The fraction of sp³-hybridized carbons (Fsp3) is 0.625. The second-order valence-electron chi connectivity index (χ2n) is 2.49. The van der Waals surface area contributed by atoms with E-state index < -0.39 is 5.97 Å². The zero-order valence-electron chi connectivity index (χ0n) is 7.87. The quantitative estimate of drug-likeness (QED) is 0.340. The second-order valence-corrected chi connectivity index (χ2v) is 2.49. The molecule has 0 amide bonds. The minimum Gasteiger partial charge on any atom is -0.478 e. The van der Waals surface area contributed by atoms with Crippen LogP contribution in [0.2, 0.25) is 0 Å². The van der Waals surface area contributed by atoms with Gasteiger partial charge in [0.25, 0.3) is 0 Å². The van der Waals surface area contributed by atoms with Crippen molar-refractivity contribution in [2.24, 2.45) is 0 Å². The average Bonchev–Trinajstić information content (AvgIpc) is 2.02. The number of methoxy groups -OCH3 is 1. The molecule has 0 saturated carbocycles. The Balaban J connectivity index is 3.37. The standard InChI is InChI=1S/C8H15NO4/c1-7(5-8(10)11)6-9-13-4-3-12-2/h5,9H,3-4,6H2,1-2H3,(H,10,11). The summed E-state index contributed by atoms with van der Waals surface area (Å²) < 4.78 is 4.74. The summed E-state index contributed by atoms with van der Waals surface area (Å²) in [6.45, 7) is 3.06. The van der Waals surface area contributed by atoms with Gasteiger partial charge >= 0.3 is 5.97 Å². The first-order valence-electron chi connectivity index (χ1n) is 3.90. The van der Waals surface area contributed by atoms with Crippen LogP contribution in [0, 0.1) is 0 Å². The van der Waals surface area contributed by atoms with Crippen molar-refractivity contribution in [1.82, 2.24) is 5.48 Å². The molecule has 0 fully saturated rings. The number of hydroxylamine groups is 1. The van der Waals surface area contributed by atoms with Gasteiger partial charge in [-0.1, -0.05) is 0 Å². The number of carboxylic acid groups (broad SMARTS) is 1. The molecule has 0 atom stereocenters. The van der Waals surface area contributed by atoms with Crippen molar-refractivity contribution in [1.29, 1.82) is 0 Å². The number of nitrogens with one attached hydrogen (secondary N) is 1. The largest absolute Gasteiger partial charge is 0.478 e. The van der Waals surface area contributed by atoms with Crippen LogP contribution in [0.3, 0.4) is 0 Å². The highest BCUT2D eigenvalue weighted by molar-refractivity contribution is 5.80. The molecule has 0 unspecified atom stereocenters. The lowest BCUT2D eigenvalue weighted by Gasteiger charge is -2.04. The molecule has 0 heterocycles. The van der Waals surface area contributed by atoms with E-state index in [-0.39, 0.29) is 0 Å². The van der Waals surface area contributed by atoms with E-state index in [9.17, 15) is 4.79 Å². The van der Waals surface area contributed by atoms with Gasteiger partial charge in [0.1, 0.15) is 0 Å². The van der Waals surface area contributed by atoms with E-state index in [4.69, 9.17) is 14.7 Å². The van der Waals surface area contributed by atoms with E-state index in [0.717, 1.165) is 6.08 Å². The highest BCUT2D eigenvalue weighted by Crippen LogP contribution is 1.88. The van der Waals surface area contributed by atoms with Crippen LogP contribution in [-0.2, 0) is 14.4 Å². The molecule has 0 aliphatic rings. The third-order valence-corrected chi connectivity index (χ3v) is 1.21. The van der Waals surface area contributed by atoms with Gasteiger partial charge < -0.3 is 9.84 Å². The monoisotopic (exact) mass is 189 g/mol. The fourth-order valence-corrected chi connectivity index (χ4v) is 0.624. The zero-order valence-corrected chi connectivity index (χ0v) is 7.87. The van der Waals surface area contributed by atoms with Gasteiger partial charge in [-0.3, -0.25) is 4.84 Å². The number of ether oxygens (including phenoxy) is 1. The summed E-state index contributed by atoms with van der Waals surface area (Å²) in [5, 5.41) is 8.36.